The van der Waals surface area contributed by atoms with Crippen LogP contribution in [0.25, 0.3) is 0 Å². The summed E-state index contributed by atoms with van der Waals surface area (Å²) in [6.45, 7) is 6.52. The Morgan fingerprint density at radius 1 is 0.364 bits per heavy atom. The number of rotatable bonds is 42. The summed E-state index contributed by atoms with van der Waals surface area (Å²) < 4.78 is 16.6. The molecule has 0 aromatic carbocycles. The van der Waals surface area contributed by atoms with E-state index < -0.39 is 6.10 Å². The van der Waals surface area contributed by atoms with E-state index in [4.69, 9.17) is 14.2 Å². The minimum atomic E-state index is -0.771. The molecular formula is C49H88O6. The van der Waals surface area contributed by atoms with E-state index in [1.54, 1.807) is 0 Å². The van der Waals surface area contributed by atoms with E-state index in [0.717, 1.165) is 77.0 Å². The van der Waals surface area contributed by atoms with Gasteiger partial charge >= 0.3 is 17.9 Å². The van der Waals surface area contributed by atoms with Crippen LogP contribution in [0.15, 0.2) is 36.5 Å². The topological polar surface area (TPSA) is 78.9 Å². The summed E-state index contributed by atoms with van der Waals surface area (Å²) in [5.74, 6) is -0.894. The van der Waals surface area contributed by atoms with Crippen LogP contribution in [0.5, 0.6) is 0 Å². The van der Waals surface area contributed by atoms with Gasteiger partial charge in [-0.05, 0) is 70.6 Å². The van der Waals surface area contributed by atoms with Crippen LogP contribution in [-0.4, -0.2) is 37.2 Å². The molecule has 0 rings (SSSR count). The lowest BCUT2D eigenvalue weighted by atomic mass is 10.1. The molecule has 0 heterocycles. The molecule has 0 saturated heterocycles. The van der Waals surface area contributed by atoms with Crippen LogP contribution in [-0.2, 0) is 28.6 Å². The number of unbranched alkanes of at least 4 members (excludes halogenated alkanes) is 25. The lowest BCUT2D eigenvalue weighted by Gasteiger charge is -2.18. The second-order valence-electron chi connectivity index (χ2n) is 15.7. The van der Waals surface area contributed by atoms with Gasteiger partial charge in [0, 0.05) is 19.3 Å². The van der Waals surface area contributed by atoms with Crippen LogP contribution >= 0.6 is 0 Å². The Kier molecular flexibility index (Phi) is 42.4. The Bertz CT molecular complexity index is 938. The van der Waals surface area contributed by atoms with Crippen molar-refractivity contribution < 1.29 is 28.6 Å². The molecule has 0 aliphatic rings. The molecule has 0 spiro atoms. The normalized spacial score (nSPS) is 12.3. The van der Waals surface area contributed by atoms with Crippen LogP contribution in [0.1, 0.15) is 239 Å². The third kappa shape index (κ3) is 42.6. The van der Waals surface area contributed by atoms with Crippen molar-refractivity contribution in [1.82, 2.24) is 0 Å². The summed E-state index contributed by atoms with van der Waals surface area (Å²) in [7, 11) is 0. The zero-order valence-electron chi connectivity index (χ0n) is 36.4. The molecule has 320 valence electrons. The van der Waals surface area contributed by atoms with E-state index >= 15 is 0 Å². The van der Waals surface area contributed by atoms with Crippen molar-refractivity contribution in [2.75, 3.05) is 13.2 Å². The molecular weight excluding hydrogens is 685 g/mol. The maximum absolute atomic E-state index is 12.7. The van der Waals surface area contributed by atoms with Gasteiger partial charge in [-0.1, -0.05) is 186 Å². The summed E-state index contributed by atoms with van der Waals surface area (Å²) in [5.41, 5.74) is 0. The first-order valence-corrected chi connectivity index (χ1v) is 23.5. The van der Waals surface area contributed by atoms with Gasteiger partial charge in [0.2, 0.25) is 0 Å². The van der Waals surface area contributed by atoms with E-state index in [9.17, 15) is 14.4 Å². The third-order valence-electron chi connectivity index (χ3n) is 10.1. The standard InChI is InChI=1S/C49H88O6/c1-4-7-10-13-16-18-20-21-22-23-24-25-26-27-29-30-33-36-39-42-48(51)54-45-46(44-53-47(50)41-38-35-32-15-12-9-6-3)55-49(52)43-40-37-34-31-28-19-17-14-11-8-5-2/h14,16-18,21-22,46H,4-13,15,19-20,23-45H2,1-3H3/b17-14-,18-16-,22-21-. The fraction of sp³-hybridized carbons (Fsp3) is 0.816. The molecule has 0 aliphatic carbocycles. The molecule has 0 saturated carbocycles. The molecule has 1 atom stereocenters. The largest absolute Gasteiger partial charge is 0.462 e. The van der Waals surface area contributed by atoms with Crippen LogP contribution in [0.2, 0.25) is 0 Å². The zero-order chi connectivity index (χ0) is 40.1. The lowest BCUT2D eigenvalue weighted by molar-refractivity contribution is -0.167. The van der Waals surface area contributed by atoms with Crippen molar-refractivity contribution >= 4 is 17.9 Å². The van der Waals surface area contributed by atoms with Crippen molar-refractivity contribution in [3.05, 3.63) is 36.5 Å². The Balaban J connectivity index is 4.23. The minimum Gasteiger partial charge on any atom is -0.462 e. The second kappa shape index (κ2) is 44.3. The first-order valence-electron chi connectivity index (χ1n) is 23.5. The summed E-state index contributed by atoms with van der Waals surface area (Å²) in [4.78, 5) is 37.6. The minimum absolute atomic E-state index is 0.0757. The van der Waals surface area contributed by atoms with E-state index in [1.807, 2.05) is 0 Å². The molecule has 1 unspecified atom stereocenters. The highest BCUT2D eigenvalue weighted by molar-refractivity contribution is 5.71. The maximum atomic E-state index is 12.7. The molecule has 55 heavy (non-hydrogen) atoms. The average molecular weight is 773 g/mol. The molecule has 0 aromatic rings. The Hall–Kier alpha value is -2.37. The highest BCUT2D eigenvalue weighted by Crippen LogP contribution is 2.14. The van der Waals surface area contributed by atoms with Crippen LogP contribution in [0, 0.1) is 0 Å². The number of allylic oxidation sites excluding steroid dienone is 6. The monoisotopic (exact) mass is 773 g/mol. The lowest BCUT2D eigenvalue weighted by Crippen LogP contribution is -2.30. The molecule has 6 heteroatoms. The van der Waals surface area contributed by atoms with Gasteiger partial charge in [0.25, 0.3) is 0 Å². The fourth-order valence-corrected chi connectivity index (χ4v) is 6.51. The van der Waals surface area contributed by atoms with Crippen LogP contribution < -0.4 is 0 Å². The summed E-state index contributed by atoms with van der Waals surface area (Å²) in [5, 5.41) is 0. The van der Waals surface area contributed by atoms with E-state index in [2.05, 4.69) is 57.2 Å². The maximum Gasteiger partial charge on any atom is 0.306 e. The summed E-state index contributed by atoms with van der Waals surface area (Å²) >= 11 is 0. The van der Waals surface area contributed by atoms with E-state index in [1.165, 1.54) is 122 Å². The van der Waals surface area contributed by atoms with Crippen molar-refractivity contribution in [2.45, 2.75) is 245 Å². The predicted octanol–water partition coefficient (Wildman–Crippen LogP) is 15.0. The number of ether oxygens (including phenoxy) is 3. The van der Waals surface area contributed by atoms with Crippen molar-refractivity contribution in [2.24, 2.45) is 0 Å². The highest BCUT2D eigenvalue weighted by Gasteiger charge is 2.19. The molecule has 0 aliphatic heterocycles. The van der Waals surface area contributed by atoms with Crippen molar-refractivity contribution in [3.63, 3.8) is 0 Å². The van der Waals surface area contributed by atoms with Gasteiger partial charge in [0.15, 0.2) is 6.10 Å². The summed E-state index contributed by atoms with van der Waals surface area (Å²) in [6, 6.07) is 0. The fourth-order valence-electron chi connectivity index (χ4n) is 6.51. The van der Waals surface area contributed by atoms with E-state index in [0.29, 0.717) is 19.3 Å². The van der Waals surface area contributed by atoms with Gasteiger partial charge in [-0.2, -0.15) is 0 Å². The van der Waals surface area contributed by atoms with Crippen LogP contribution in [0.4, 0.5) is 0 Å². The summed E-state index contributed by atoms with van der Waals surface area (Å²) in [6.07, 6.45) is 50.0. The van der Waals surface area contributed by atoms with Gasteiger partial charge in [-0.3, -0.25) is 14.4 Å². The van der Waals surface area contributed by atoms with Crippen LogP contribution in [0.3, 0.4) is 0 Å². The van der Waals surface area contributed by atoms with Crippen molar-refractivity contribution in [3.8, 4) is 0 Å². The average Bonchev–Trinajstić information content (AvgIpc) is 3.18. The smallest absolute Gasteiger partial charge is 0.306 e. The molecule has 0 bridgehead atoms. The highest BCUT2D eigenvalue weighted by atomic mass is 16.6. The first-order chi connectivity index (χ1) is 27.0. The van der Waals surface area contributed by atoms with Crippen molar-refractivity contribution in [1.29, 1.82) is 0 Å². The SMILES string of the molecule is CCCC/C=C\CCCCCCCC(=O)OC(COC(=O)CCCCCCCCC)COC(=O)CCCCCCCCCCC/C=C\C/C=C\CCCCC. The van der Waals surface area contributed by atoms with Gasteiger partial charge < -0.3 is 14.2 Å². The molecule has 0 aromatic heterocycles. The number of carbonyl (C=O) groups excluding carboxylic acids is 3. The van der Waals surface area contributed by atoms with Gasteiger partial charge in [-0.15, -0.1) is 0 Å². The Labute approximate surface area is 340 Å². The molecule has 0 fully saturated rings. The number of carbonyl (C=O) groups is 3. The molecule has 0 amide bonds. The molecule has 0 N–H and O–H groups in total. The molecule has 0 radical (unpaired) electrons. The Morgan fingerprint density at radius 3 is 1.11 bits per heavy atom. The Morgan fingerprint density at radius 2 is 0.673 bits per heavy atom. The number of esters is 3. The van der Waals surface area contributed by atoms with E-state index in [-0.39, 0.29) is 31.1 Å². The first kappa shape index (κ1) is 52.6. The number of hydrogen-bond acceptors (Lipinski definition) is 6. The third-order valence-corrected chi connectivity index (χ3v) is 10.1. The van der Waals surface area contributed by atoms with Gasteiger partial charge in [0.05, 0.1) is 0 Å². The second-order valence-corrected chi connectivity index (χ2v) is 15.7. The molecule has 6 nitrogen and oxygen atoms in total. The predicted molar refractivity (Wildman–Crippen MR) is 233 cm³/mol. The van der Waals surface area contributed by atoms with Gasteiger partial charge in [-0.25, -0.2) is 0 Å². The zero-order valence-corrected chi connectivity index (χ0v) is 36.4. The van der Waals surface area contributed by atoms with Gasteiger partial charge in [0.1, 0.15) is 13.2 Å². The quantitative estimate of drug-likeness (QED) is 0.0266. The number of hydrogen-bond donors (Lipinski definition) is 0.